The molecule has 3 nitrogen and oxygen atoms in total. The van der Waals surface area contributed by atoms with E-state index in [9.17, 15) is 0 Å². The van der Waals surface area contributed by atoms with E-state index in [0.717, 1.165) is 26.0 Å². The Morgan fingerprint density at radius 2 is 1.94 bits per heavy atom. The highest BCUT2D eigenvalue weighted by Crippen LogP contribution is 2.33. The molecule has 1 saturated heterocycles. The predicted octanol–water partition coefficient (Wildman–Crippen LogP) is 2.20. The quantitative estimate of drug-likeness (QED) is 0.795. The molecular formula is C14H28N2O. The molecule has 1 unspecified atom stereocenters. The summed E-state index contributed by atoms with van der Waals surface area (Å²) in [5.74, 6) is 0. The van der Waals surface area contributed by atoms with Gasteiger partial charge in [0.1, 0.15) is 0 Å². The van der Waals surface area contributed by atoms with Gasteiger partial charge in [0.25, 0.3) is 0 Å². The Labute approximate surface area is 105 Å². The monoisotopic (exact) mass is 240 g/mol. The molecule has 1 atom stereocenters. The first-order valence-corrected chi connectivity index (χ1v) is 7.17. The third-order valence-corrected chi connectivity index (χ3v) is 4.34. The molecule has 0 spiro atoms. The number of nitrogens with one attached hydrogen (secondary N) is 1. The molecule has 3 N–H and O–H groups in total. The zero-order valence-electron chi connectivity index (χ0n) is 11.4. The Balaban J connectivity index is 1.97. The minimum absolute atomic E-state index is 0.0285. The highest BCUT2D eigenvalue weighted by molar-refractivity contribution is 4.99. The molecule has 3 heteroatoms. The summed E-state index contributed by atoms with van der Waals surface area (Å²) in [5.41, 5.74) is 6.14. The van der Waals surface area contributed by atoms with Gasteiger partial charge in [-0.05, 0) is 39.5 Å². The van der Waals surface area contributed by atoms with Gasteiger partial charge in [-0.3, -0.25) is 0 Å². The van der Waals surface area contributed by atoms with Crippen molar-refractivity contribution in [1.82, 2.24) is 5.32 Å². The van der Waals surface area contributed by atoms with E-state index < -0.39 is 0 Å². The van der Waals surface area contributed by atoms with Crippen molar-refractivity contribution in [2.24, 2.45) is 5.73 Å². The fraction of sp³-hybridized carbons (Fsp3) is 1.00. The first-order chi connectivity index (χ1) is 8.05. The van der Waals surface area contributed by atoms with E-state index >= 15 is 0 Å². The highest BCUT2D eigenvalue weighted by Gasteiger charge is 2.41. The van der Waals surface area contributed by atoms with Crippen LogP contribution in [0.1, 0.15) is 58.8 Å². The van der Waals surface area contributed by atoms with Gasteiger partial charge in [-0.25, -0.2) is 0 Å². The van der Waals surface area contributed by atoms with Crippen molar-refractivity contribution in [3.8, 4) is 0 Å². The number of hydrogen-bond donors (Lipinski definition) is 2. The molecule has 17 heavy (non-hydrogen) atoms. The third kappa shape index (κ3) is 3.43. The van der Waals surface area contributed by atoms with Crippen molar-refractivity contribution in [2.45, 2.75) is 76.0 Å². The second-order valence-electron chi connectivity index (χ2n) is 6.50. The molecule has 1 heterocycles. The molecule has 1 aliphatic carbocycles. The Kier molecular flexibility index (Phi) is 4.11. The molecule has 0 aromatic rings. The zero-order valence-corrected chi connectivity index (χ0v) is 11.4. The zero-order chi connectivity index (χ0) is 12.4. The summed E-state index contributed by atoms with van der Waals surface area (Å²) < 4.78 is 5.82. The summed E-state index contributed by atoms with van der Waals surface area (Å²) in [6, 6.07) is 0.682. The van der Waals surface area contributed by atoms with Gasteiger partial charge in [-0.2, -0.15) is 0 Å². The lowest BCUT2D eigenvalue weighted by Crippen LogP contribution is -2.61. The van der Waals surface area contributed by atoms with Crippen molar-refractivity contribution < 1.29 is 4.74 Å². The fourth-order valence-electron chi connectivity index (χ4n) is 3.51. The Hall–Kier alpha value is -0.120. The van der Waals surface area contributed by atoms with Gasteiger partial charge in [0.15, 0.2) is 0 Å². The molecule has 2 aliphatic rings. The van der Waals surface area contributed by atoms with Crippen LogP contribution >= 0.6 is 0 Å². The first kappa shape index (κ1) is 13.3. The van der Waals surface area contributed by atoms with Crippen LogP contribution in [0.3, 0.4) is 0 Å². The van der Waals surface area contributed by atoms with Crippen molar-refractivity contribution >= 4 is 0 Å². The second kappa shape index (κ2) is 5.25. The standard InChI is InChI=1S/C14H28N2O/c1-13(2)10-14(11-15,8-9-17-13)16-12-6-4-3-5-7-12/h12,16H,3-11,15H2,1-2H3. The Morgan fingerprint density at radius 1 is 1.24 bits per heavy atom. The minimum Gasteiger partial charge on any atom is -0.375 e. The van der Waals surface area contributed by atoms with Crippen LogP contribution in [0.2, 0.25) is 0 Å². The maximum absolute atomic E-state index is 6.06. The molecule has 0 aromatic carbocycles. The highest BCUT2D eigenvalue weighted by atomic mass is 16.5. The molecule has 2 rings (SSSR count). The van der Waals surface area contributed by atoms with Crippen LogP contribution in [-0.4, -0.2) is 30.3 Å². The van der Waals surface area contributed by atoms with Crippen molar-refractivity contribution in [3.63, 3.8) is 0 Å². The lowest BCUT2D eigenvalue weighted by molar-refractivity contribution is -0.0884. The van der Waals surface area contributed by atoms with E-state index in [1.165, 1.54) is 32.1 Å². The van der Waals surface area contributed by atoms with Crippen LogP contribution in [0.15, 0.2) is 0 Å². The number of hydrogen-bond acceptors (Lipinski definition) is 3. The molecule has 0 bridgehead atoms. The van der Waals surface area contributed by atoms with E-state index in [1.807, 2.05) is 0 Å². The van der Waals surface area contributed by atoms with Gasteiger partial charge in [-0.15, -0.1) is 0 Å². The SMILES string of the molecule is CC1(C)CC(CN)(NC2CCCCC2)CCO1. The molecule has 1 saturated carbocycles. The maximum atomic E-state index is 6.06. The summed E-state index contributed by atoms with van der Waals surface area (Å²) >= 11 is 0. The molecular weight excluding hydrogens is 212 g/mol. The molecule has 100 valence electrons. The predicted molar refractivity (Wildman–Crippen MR) is 71.1 cm³/mol. The van der Waals surface area contributed by atoms with Crippen LogP contribution in [0.4, 0.5) is 0 Å². The average Bonchev–Trinajstić information content (AvgIpc) is 2.29. The summed E-state index contributed by atoms with van der Waals surface area (Å²) in [6.45, 7) is 5.93. The van der Waals surface area contributed by atoms with E-state index in [1.54, 1.807) is 0 Å². The molecule has 2 fully saturated rings. The average molecular weight is 240 g/mol. The summed E-state index contributed by atoms with van der Waals surface area (Å²) in [4.78, 5) is 0. The smallest absolute Gasteiger partial charge is 0.0644 e. The maximum Gasteiger partial charge on any atom is 0.0644 e. The van der Waals surface area contributed by atoms with Crippen molar-refractivity contribution in [2.75, 3.05) is 13.2 Å². The summed E-state index contributed by atoms with van der Waals surface area (Å²) in [7, 11) is 0. The van der Waals surface area contributed by atoms with Crippen LogP contribution in [0.5, 0.6) is 0 Å². The lowest BCUT2D eigenvalue weighted by atomic mass is 9.79. The van der Waals surface area contributed by atoms with Crippen LogP contribution in [0, 0.1) is 0 Å². The van der Waals surface area contributed by atoms with Gasteiger partial charge in [0, 0.05) is 24.7 Å². The largest absolute Gasteiger partial charge is 0.375 e. The lowest BCUT2D eigenvalue weighted by Gasteiger charge is -2.47. The third-order valence-electron chi connectivity index (χ3n) is 4.34. The molecule has 1 aliphatic heterocycles. The Bertz CT molecular complexity index is 249. The first-order valence-electron chi connectivity index (χ1n) is 7.17. The van der Waals surface area contributed by atoms with Gasteiger partial charge in [0.05, 0.1) is 5.60 Å². The van der Waals surface area contributed by atoms with Crippen molar-refractivity contribution in [3.05, 3.63) is 0 Å². The van der Waals surface area contributed by atoms with Crippen LogP contribution in [-0.2, 0) is 4.74 Å². The Morgan fingerprint density at radius 3 is 2.53 bits per heavy atom. The van der Waals surface area contributed by atoms with Gasteiger partial charge in [-0.1, -0.05) is 19.3 Å². The minimum atomic E-state index is -0.0285. The van der Waals surface area contributed by atoms with E-state index in [4.69, 9.17) is 10.5 Å². The molecule has 0 aromatic heterocycles. The van der Waals surface area contributed by atoms with Crippen molar-refractivity contribution in [1.29, 1.82) is 0 Å². The van der Waals surface area contributed by atoms with Gasteiger partial charge in [0.2, 0.25) is 0 Å². The summed E-state index contributed by atoms with van der Waals surface area (Å²) in [6.07, 6.45) is 8.89. The van der Waals surface area contributed by atoms with E-state index in [0.29, 0.717) is 6.04 Å². The van der Waals surface area contributed by atoms with Crippen LogP contribution in [0.25, 0.3) is 0 Å². The number of rotatable bonds is 3. The topological polar surface area (TPSA) is 47.3 Å². The van der Waals surface area contributed by atoms with Gasteiger partial charge < -0.3 is 15.8 Å². The molecule has 0 radical (unpaired) electrons. The van der Waals surface area contributed by atoms with E-state index in [-0.39, 0.29) is 11.1 Å². The fourth-order valence-corrected chi connectivity index (χ4v) is 3.51. The number of ether oxygens (including phenoxy) is 1. The van der Waals surface area contributed by atoms with Crippen LogP contribution < -0.4 is 11.1 Å². The summed E-state index contributed by atoms with van der Waals surface area (Å²) in [5, 5.41) is 3.87. The molecule has 0 amide bonds. The number of nitrogens with two attached hydrogens (primary N) is 1. The second-order valence-corrected chi connectivity index (χ2v) is 6.50. The normalized spacial score (nSPS) is 34.8. The van der Waals surface area contributed by atoms with Gasteiger partial charge >= 0.3 is 0 Å². The van der Waals surface area contributed by atoms with E-state index in [2.05, 4.69) is 19.2 Å².